The van der Waals surface area contributed by atoms with Crippen molar-refractivity contribution in [3.05, 3.63) is 60.3 Å². The molecule has 1 unspecified atom stereocenters. The van der Waals surface area contributed by atoms with Crippen LogP contribution in [0.3, 0.4) is 0 Å². The normalized spacial score (nSPS) is 17.9. The summed E-state index contributed by atoms with van der Waals surface area (Å²) in [7, 11) is -4.41. The molecule has 11 nitrogen and oxygen atoms in total. The molecular formula is C26H25F3N4O7S. The van der Waals surface area contributed by atoms with E-state index in [4.69, 9.17) is 9.47 Å². The number of pyridine rings is 1. The number of para-hydroxylation sites is 1. The number of anilines is 1. The second-order valence-corrected chi connectivity index (χ2v) is 11.0. The van der Waals surface area contributed by atoms with Crippen molar-refractivity contribution in [1.82, 2.24) is 14.8 Å². The van der Waals surface area contributed by atoms with Crippen molar-refractivity contribution >= 4 is 38.6 Å². The van der Waals surface area contributed by atoms with Crippen molar-refractivity contribution in [3.63, 3.8) is 0 Å². The summed E-state index contributed by atoms with van der Waals surface area (Å²) >= 11 is 0. The number of aromatic nitrogens is 1. The maximum absolute atomic E-state index is 13.3. The number of rotatable bonds is 6. The lowest BCUT2D eigenvalue weighted by molar-refractivity contribution is -0.274. The van der Waals surface area contributed by atoms with Gasteiger partial charge in [0.05, 0.1) is 24.4 Å². The zero-order chi connectivity index (χ0) is 29.2. The highest BCUT2D eigenvalue weighted by molar-refractivity contribution is 7.93. The van der Waals surface area contributed by atoms with E-state index in [1.165, 1.54) is 34.2 Å². The molecule has 218 valence electrons. The number of amides is 2. The number of alkyl halides is 3. The molecule has 1 atom stereocenters. The molecule has 2 aliphatic rings. The largest absolute Gasteiger partial charge is 0.573 e. The van der Waals surface area contributed by atoms with Crippen LogP contribution >= 0.6 is 0 Å². The van der Waals surface area contributed by atoms with Crippen LogP contribution in [0.5, 0.6) is 5.75 Å². The molecule has 0 saturated carbocycles. The van der Waals surface area contributed by atoms with Crippen molar-refractivity contribution in [1.29, 1.82) is 0 Å². The van der Waals surface area contributed by atoms with Crippen molar-refractivity contribution in [2.45, 2.75) is 23.8 Å². The van der Waals surface area contributed by atoms with Gasteiger partial charge >= 0.3 is 12.5 Å². The van der Waals surface area contributed by atoms with Gasteiger partial charge in [-0.15, -0.1) is 13.2 Å². The molecule has 1 aromatic heterocycles. The quantitative estimate of drug-likeness (QED) is 0.459. The van der Waals surface area contributed by atoms with Crippen LogP contribution in [0.15, 0.2) is 59.6 Å². The van der Waals surface area contributed by atoms with Crippen LogP contribution < -0.4 is 9.46 Å². The molecule has 0 spiro atoms. The average molecular weight is 595 g/mol. The minimum atomic E-state index is -5.17. The van der Waals surface area contributed by atoms with Crippen molar-refractivity contribution in [2.24, 2.45) is 0 Å². The van der Waals surface area contributed by atoms with E-state index in [2.05, 4.69) is 14.4 Å². The van der Waals surface area contributed by atoms with Gasteiger partial charge in [0, 0.05) is 49.7 Å². The number of hydrogen-bond donors (Lipinski definition) is 1. The van der Waals surface area contributed by atoms with Gasteiger partial charge in [-0.25, -0.2) is 13.2 Å². The first kappa shape index (κ1) is 28.4. The Morgan fingerprint density at radius 2 is 1.76 bits per heavy atom. The van der Waals surface area contributed by atoms with Gasteiger partial charge in [-0.2, -0.15) is 0 Å². The third-order valence-electron chi connectivity index (χ3n) is 6.56. The lowest BCUT2D eigenvalue weighted by Gasteiger charge is -2.34. The maximum atomic E-state index is 13.3. The van der Waals surface area contributed by atoms with E-state index < -0.39 is 39.8 Å². The summed E-state index contributed by atoms with van der Waals surface area (Å²) in [5.41, 5.74) is -0.541. The van der Waals surface area contributed by atoms with Gasteiger partial charge in [0.25, 0.3) is 15.9 Å². The summed E-state index contributed by atoms with van der Waals surface area (Å²) in [6.07, 6.45) is -4.00. The van der Waals surface area contributed by atoms with E-state index in [-0.39, 0.29) is 48.3 Å². The SMILES string of the molecule is O=C(OC1CCOC1)N1CCN(C(=O)c2ccc(NS(=O)(=O)c3cccc4cccnc34)c(OC(F)(F)F)c2)CC1. The summed E-state index contributed by atoms with van der Waals surface area (Å²) in [6.45, 7) is 1.42. The number of ether oxygens (including phenoxy) is 3. The van der Waals surface area contributed by atoms with Gasteiger partial charge < -0.3 is 24.0 Å². The molecule has 2 fully saturated rings. The molecule has 2 aliphatic heterocycles. The van der Waals surface area contributed by atoms with Crippen molar-refractivity contribution in [2.75, 3.05) is 44.1 Å². The minimum Gasteiger partial charge on any atom is -0.444 e. The molecule has 5 rings (SSSR count). The van der Waals surface area contributed by atoms with Gasteiger partial charge in [0.1, 0.15) is 11.0 Å². The third kappa shape index (κ3) is 6.62. The monoisotopic (exact) mass is 594 g/mol. The summed E-state index contributed by atoms with van der Waals surface area (Å²) in [6, 6.07) is 10.7. The van der Waals surface area contributed by atoms with Crippen LogP contribution in [-0.4, -0.2) is 87.1 Å². The Labute approximate surface area is 232 Å². The molecule has 3 aromatic rings. The van der Waals surface area contributed by atoms with E-state index in [9.17, 15) is 31.2 Å². The summed E-state index contributed by atoms with van der Waals surface area (Å²) in [5.74, 6) is -1.51. The van der Waals surface area contributed by atoms with Gasteiger partial charge in [-0.05, 0) is 30.3 Å². The zero-order valence-corrected chi connectivity index (χ0v) is 22.3. The highest BCUT2D eigenvalue weighted by Gasteiger charge is 2.34. The topological polar surface area (TPSA) is 127 Å². The van der Waals surface area contributed by atoms with Crippen LogP contribution in [0.1, 0.15) is 16.8 Å². The standard InChI is InChI=1S/C26H25F3N4O7S/c27-26(28,29)40-21-15-18(24(34)32-10-12-33(13-11-32)25(35)39-19-8-14-38-16-19)6-7-20(21)31-41(36,37)22-5-1-3-17-4-2-9-30-23(17)22/h1-7,9,15,19,31H,8,10-14,16H2. The van der Waals surface area contributed by atoms with E-state index in [0.717, 1.165) is 12.1 Å². The second kappa shape index (κ2) is 11.4. The summed E-state index contributed by atoms with van der Waals surface area (Å²) in [4.78, 5) is 32.2. The Hall–Kier alpha value is -4.11. The summed E-state index contributed by atoms with van der Waals surface area (Å²) in [5, 5.41) is 0.518. The first-order valence-electron chi connectivity index (χ1n) is 12.6. The Morgan fingerprint density at radius 3 is 2.46 bits per heavy atom. The van der Waals surface area contributed by atoms with E-state index >= 15 is 0 Å². The Kier molecular flexibility index (Phi) is 7.91. The maximum Gasteiger partial charge on any atom is 0.573 e. The van der Waals surface area contributed by atoms with Gasteiger partial charge in [0.2, 0.25) is 0 Å². The molecule has 0 aliphatic carbocycles. The molecule has 0 radical (unpaired) electrons. The molecule has 2 saturated heterocycles. The van der Waals surface area contributed by atoms with Gasteiger partial charge in [0.15, 0.2) is 5.75 Å². The second-order valence-electron chi connectivity index (χ2n) is 9.34. The fourth-order valence-corrected chi connectivity index (χ4v) is 5.79. The van der Waals surface area contributed by atoms with Crippen LogP contribution in [0.25, 0.3) is 10.9 Å². The highest BCUT2D eigenvalue weighted by atomic mass is 32.2. The number of carbonyl (C=O) groups excluding carboxylic acids is 2. The molecule has 3 heterocycles. The highest BCUT2D eigenvalue weighted by Crippen LogP contribution is 2.34. The van der Waals surface area contributed by atoms with Crippen LogP contribution in [-0.2, 0) is 19.5 Å². The number of halogens is 3. The van der Waals surface area contributed by atoms with Crippen molar-refractivity contribution in [3.8, 4) is 5.75 Å². The molecule has 15 heteroatoms. The lowest BCUT2D eigenvalue weighted by atomic mass is 10.1. The predicted molar refractivity (Wildman–Crippen MR) is 139 cm³/mol. The first-order chi connectivity index (χ1) is 19.5. The number of piperazine rings is 1. The smallest absolute Gasteiger partial charge is 0.444 e. The van der Waals surface area contributed by atoms with Crippen molar-refractivity contribution < 1.29 is 45.4 Å². The van der Waals surface area contributed by atoms with Crippen LogP contribution in [0, 0.1) is 0 Å². The number of hydrogen-bond acceptors (Lipinski definition) is 8. The Morgan fingerprint density at radius 1 is 1.02 bits per heavy atom. The van der Waals surface area contributed by atoms with Gasteiger partial charge in [-0.1, -0.05) is 18.2 Å². The van der Waals surface area contributed by atoms with Crippen LogP contribution in [0.2, 0.25) is 0 Å². The number of nitrogens with zero attached hydrogens (tertiary/aromatic N) is 3. The zero-order valence-electron chi connectivity index (χ0n) is 21.5. The van der Waals surface area contributed by atoms with Gasteiger partial charge in [-0.3, -0.25) is 14.5 Å². The fraction of sp³-hybridized carbons (Fsp3) is 0.346. The summed E-state index contributed by atoms with van der Waals surface area (Å²) < 4.78 is 83.0. The Bertz CT molecular complexity index is 1550. The van der Waals surface area contributed by atoms with E-state index in [1.54, 1.807) is 18.2 Å². The van der Waals surface area contributed by atoms with E-state index in [1.807, 2.05) is 0 Å². The average Bonchev–Trinajstić information content (AvgIpc) is 3.45. The number of nitrogens with one attached hydrogen (secondary N) is 1. The predicted octanol–water partition coefficient (Wildman–Crippen LogP) is 3.62. The number of fused-ring (bicyclic) bond motifs is 1. The number of carbonyl (C=O) groups is 2. The first-order valence-corrected chi connectivity index (χ1v) is 14.1. The lowest BCUT2D eigenvalue weighted by Crippen LogP contribution is -2.51. The molecule has 1 N–H and O–H groups in total. The Balaban J connectivity index is 1.33. The molecule has 2 aromatic carbocycles. The third-order valence-corrected chi connectivity index (χ3v) is 7.96. The molecule has 0 bridgehead atoms. The minimum absolute atomic E-state index is 0.118. The fourth-order valence-electron chi connectivity index (χ4n) is 4.54. The number of sulfonamides is 1. The molecular weight excluding hydrogens is 569 g/mol. The van der Waals surface area contributed by atoms with E-state index in [0.29, 0.717) is 25.0 Å². The number of benzene rings is 2. The van der Waals surface area contributed by atoms with Crippen LogP contribution in [0.4, 0.5) is 23.7 Å². The molecule has 41 heavy (non-hydrogen) atoms. The molecule has 2 amide bonds.